The third-order valence-electron chi connectivity index (χ3n) is 4.53. The molecule has 1 amide bonds. The number of hydrogen-bond donors (Lipinski definition) is 0. The predicted octanol–water partition coefficient (Wildman–Crippen LogP) is 5.39. The number of carbonyl (C=O) groups is 2. The third kappa shape index (κ3) is 4.55. The predicted molar refractivity (Wildman–Crippen MR) is 131 cm³/mol. The number of anilines is 1. The van der Waals surface area contributed by atoms with Crippen LogP contribution in [0.3, 0.4) is 0 Å². The molecule has 1 saturated heterocycles. The fraction of sp³-hybridized carbons (Fsp3) is 0.0870. The van der Waals surface area contributed by atoms with Crippen LogP contribution >= 0.6 is 35.3 Å². The number of esters is 1. The average Bonchev–Trinajstić information content (AvgIpc) is 3.43. The molecule has 3 aromatic rings. The van der Waals surface area contributed by atoms with Crippen molar-refractivity contribution in [3.63, 3.8) is 0 Å². The molecule has 2 aromatic carbocycles. The van der Waals surface area contributed by atoms with Gasteiger partial charge in [0.1, 0.15) is 10.6 Å². The quantitative estimate of drug-likeness (QED) is 0.202. The first-order valence-corrected chi connectivity index (χ1v) is 11.5. The minimum absolute atomic E-state index is 0.211. The summed E-state index contributed by atoms with van der Waals surface area (Å²) in [5.41, 5.74) is 1.39. The van der Waals surface area contributed by atoms with Gasteiger partial charge in [-0.15, -0.1) is 11.3 Å². The van der Waals surface area contributed by atoms with Crippen LogP contribution in [-0.2, 0) is 4.79 Å². The molecule has 0 aliphatic carbocycles. The number of nitrogens with zero attached hydrogens (tertiary/aromatic N) is 1. The molecule has 32 heavy (non-hydrogen) atoms. The van der Waals surface area contributed by atoms with E-state index in [4.69, 9.17) is 26.4 Å². The Balaban J connectivity index is 1.56. The van der Waals surface area contributed by atoms with E-state index in [1.165, 1.54) is 35.1 Å². The SMILES string of the molecule is COc1ccc(N2C(=O)C(=Cc3ccc(OC(=O)c4cccs4)c(OC)c3)SC2=S)cc1. The van der Waals surface area contributed by atoms with Crippen molar-refractivity contribution in [2.75, 3.05) is 19.1 Å². The van der Waals surface area contributed by atoms with Crippen molar-refractivity contribution in [1.82, 2.24) is 0 Å². The van der Waals surface area contributed by atoms with Gasteiger partial charge in [-0.2, -0.15) is 0 Å². The number of thioether (sulfide) groups is 1. The Morgan fingerprint density at radius 1 is 1.03 bits per heavy atom. The van der Waals surface area contributed by atoms with Gasteiger partial charge in [0, 0.05) is 0 Å². The van der Waals surface area contributed by atoms with Gasteiger partial charge in [0.25, 0.3) is 5.91 Å². The smallest absolute Gasteiger partial charge is 0.353 e. The second kappa shape index (κ2) is 9.56. The highest BCUT2D eigenvalue weighted by Crippen LogP contribution is 2.37. The molecule has 0 spiro atoms. The molecule has 0 unspecified atom stereocenters. The fourth-order valence-electron chi connectivity index (χ4n) is 2.98. The summed E-state index contributed by atoms with van der Waals surface area (Å²) in [6.45, 7) is 0. The summed E-state index contributed by atoms with van der Waals surface area (Å²) in [5.74, 6) is 0.716. The minimum Gasteiger partial charge on any atom is -0.497 e. The zero-order valence-corrected chi connectivity index (χ0v) is 19.5. The molecule has 0 bridgehead atoms. The Bertz CT molecular complexity index is 1200. The maximum Gasteiger partial charge on any atom is 0.353 e. The lowest BCUT2D eigenvalue weighted by Gasteiger charge is -2.14. The number of methoxy groups -OCH3 is 2. The van der Waals surface area contributed by atoms with E-state index in [0.29, 0.717) is 42.6 Å². The fourth-order valence-corrected chi connectivity index (χ4v) is 4.87. The number of thiocarbonyl (C=S) groups is 1. The van der Waals surface area contributed by atoms with Crippen molar-refractivity contribution < 1.29 is 23.8 Å². The van der Waals surface area contributed by atoms with Gasteiger partial charge in [-0.3, -0.25) is 9.69 Å². The Labute approximate surface area is 198 Å². The zero-order chi connectivity index (χ0) is 22.7. The van der Waals surface area contributed by atoms with Crippen LogP contribution in [0.2, 0.25) is 0 Å². The van der Waals surface area contributed by atoms with E-state index in [1.54, 1.807) is 73.2 Å². The van der Waals surface area contributed by atoms with E-state index in [1.807, 2.05) is 0 Å². The van der Waals surface area contributed by atoms with Gasteiger partial charge in [-0.25, -0.2) is 4.79 Å². The molecule has 1 aromatic heterocycles. The van der Waals surface area contributed by atoms with Crippen molar-refractivity contribution >= 4 is 63.3 Å². The highest BCUT2D eigenvalue weighted by molar-refractivity contribution is 8.27. The lowest BCUT2D eigenvalue weighted by molar-refractivity contribution is -0.113. The van der Waals surface area contributed by atoms with E-state index in [-0.39, 0.29) is 5.91 Å². The molecule has 0 saturated carbocycles. The molecule has 9 heteroatoms. The topological polar surface area (TPSA) is 65.1 Å². The van der Waals surface area contributed by atoms with Gasteiger partial charge in [0.15, 0.2) is 15.8 Å². The number of carbonyl (C=O) groups excluding carboxylic acids is 2. The minimum atomic E-state index is -0.452. The van der Waals surface area contributed by atoms with Crippen LogP contribution in [0, 0.1) is 0 Å². The number of benzene rings is 2. The van der Waals surface area contributed by atoms with E-state index >= 15 is 0 Å². The monoisotopic (exact) mass is 483 g/mol. The molecule has 4 rings (SSSR count). The molecule has 162 valence electrons. The number of ether oxygens (including phenoxy) is 3. The van der Waals surface area contributed by atoms with Crippen molar-refractivity contribution in [3.8, 4) is 17.2 Å². The standard InChI is InChI=1S/C23H17NO5S3/c1-27-16-8-6-15(7-9-16)24-21(25)20(32-23(24)30)13-14-5-10-17(18(12-14)28-2)29-22(26)19-4-3-11-31-19/h3-13H,1-2H3. The van der Waals surface area contributed by atoms with Gasteiger partial charge >= 0.3 is 5.97 Å². The molecular formula is C23H17NO5S3. The normalized spacial score (nSPS) is 14.7. The van der Waals surface area contributed by atoms with Crippen LogP contribution in [0.25, 0.3) is 6.08 Å². The first kappa shape index (κ1) is 22.1. The van der Waals surface area contributed by atoms with Crippen LogP contribution in [0.1, 0.15) is 15.2 Å². The summed E-state index contributed by atoms with van der Waals surface area (Å²) < 4.78 is 16.4. The van der Waals surface area contributed by atoms with Crippen molar-refractivity contribution in [2.45, 2.75) is 0 Å². The first-order chi connectivity index (χ1) is 15.5. The molecule has 0 N–H and O–H groups in total. The molecule has 0 atom stereocenters. The molecule has 1 fully saturated rings. The number of hydrogen-bond acceptors (Lipinski definition) is 8. The van der Waals surface area contributed by atoms with Crippen LogP contribution < -0.4 is 19.1 Å². The Morgan fingerprint density at radius 2 is 1.81 bits per heavy atom. The molecule has 6 nitrogen and oxygen atoms in total. The number of rotatable bonds is 6. The number of thiophene rings is 1. The summed E-state index contributed by atoms with van der Waals surface area (Å²) in [6.07, 6.45) is 1.73. The van der Waals surface area contributed by atoms with Gasteiger partial charge < -0.3 is 14.2 Å². The maximum atomic E-state index is 13.0. The van der Waals surface area contributed by atoms with Gasteiger partial charge in [0.05, 0.1) is 24.8 Å². The summed E-state index contributed by atoms with van der Waals surface area (Å²) in [7, 11) is 3.07. The van der Waals surface area contributed by atoms with E-state index in [0.717, 1.165) is 0 Å². The second-order valence-electron chi connectivity index (χ2n) is 6.49. The first-order valence-electron chi connectivity index (χ1n) is 9.36. The summed E-state index contributed by atoms with van der Waals surface area (Å²) >= 11 is 7.95. The number of amides is 1. The zero-order valence-electron chi connectivity index (χ0n) is 17.1. The second-order valence-corrected chi connectivity index (χ2v) is 9.12. The Morgan fingerprint density at radius 3 is 2.47 bits per heavy atom. The van der Waals surface area contributed by atoms with Gasteiger partial charge in [-0.1, -0.05) is 36.1 Å². The summed E-state index contributed by atoms with van der Waals surface area (Å²) in [6, 6.07) is 15.7. The van der Waals surface area contributed by atoms with Gasteiger partial charge in [0.2, 0.25) is 0 Å². The molecule has 0 radical (unpaired) electrons. The Kier molecular flexibility index (Phi) is 6.59. The van der Waals surface area contributed by atoms with Crippen molar-refractivity contribution in [2.24, 2.45) is 0 Å². The average molecular weight is 484 g/mol. The van der Waals surface area contributed by atoms with Gasteiger partial charge in [-0.05, 0) is 59.5 Å². The Hall–Kier alpha value is -3.14. The highest BCUT2D eigenvalue weighted by Gasteiger charge is 2.33. The maximum absolute atomic E-state index is 13.0. The van der Waals surface area contributed by atoms with Crippen LogP contribution in [0.5, 0.6) is 17.2 Å². The van der Waals surface area contributed by atoms with Crippen molar-refractivity contribution in [3.05, 3.63) is 75.3 Å². The summed E-state index contributed by atoms with van der Waals surface area (Å²) in [4.78, 5) is 27.7. The highest BCUT2D eigenvalue weighted by atomic mass is 32.2. The van der Waals surface area contributed by atoms with Crippen LogP contribution in [-0.4, -0.2) is 30.4 Å². The largest absolute Gasteiger partial charge is 0.497 e. The molecule has 1 aliphatic heterocycles. The molecular weight excluding hydrogens is 466 g/mol. The van der Waals surface area contributed by atoms with E-state index < -0.39 is 5.97 Å². The summed E-state index contributed by atoms with van der Waals surface area (Å²) in [5, 5.41) is 1.80. The molecule has 2 heterocycles. The van der Waals surface area contributed by atoms with Crippen molar-refractivity contribution in [1.29, 1.82) is 0 Å². The lowest BCUT2D eigenvalue weighted by Crippen LogP contribution is -2.27. The van der Waals surface area contributed by atoms with E-state index in [2.05, 4.69) is 0 Å². The van der Waals surface area contributed by atoms with Crippen LogP contribution in [0.4, 0.5) is 5.69 Å². The lowest BCUT2D eigenvalue weighted by atomic mass is 10.1. The van der Waals surface area contributed by atoms with E-state index in [9.17, 15) is 9.59 Å². The third-order valence-corrected chi connectivity index (χ3v) is 6.69. The van der Waals surface area contributed by atoms with Crippen LogP contribution in [0.15, 0.2) is 64.9 Å². The molecule has 1 aliphatic rings.